The van der Waals surface area contributed by atoms with Gasteiger partial charge in [-0.15, -0.1) is 0 Å². The summed E-state index contributed by atoms with van der Waals surface area (Å²) < 4.78 is 49.4. The standard InChI is InChI=1S/C33H48N3O13P/c1-20(38)35-27-26(48-24(15-37)29(40)30(27)41)19-50(42,43)47-18-25-31(45-16-22-9-5-3-6-10-22)32(46-17-23-11-7-4-8-12-23)28(36-21(2)39)33(49-25)44-14-13-34/h3-12,24-33,37,40-41H,13-19,34H2,1-2H3,(H,35,38)(H,36,39)(H,42,43)/p-1/t24?,25?,26-,27?,28?,29-,30+,31-,32+,33+/m0/s1. The molecule has 0 aromatic heterocycles. The fourth-order valence-electron chi connectivity index (χ4n) is 5.91. The van der Waals surface area contributed by atoms with E-state index >= 15 is 0 Å². The first-order valence-corrected chi connectivity index (χ1v) is 18.0. The number of ether oxygens (including phenoxy) is 5. The Morgan fingerprint density at radius 1 is 0.820 bits per heavy atom. The highest BCUT2D eigenvalue weighted by Gasteiger charge is 2.50. The van der Waals surface area contributed by atoms with Gasteiger partial charge in [0.25, 0.3) is 0 Å². The zero-order chi connectivity index (χ0) is 36.3. The van der Waals surface area contributed by atoms with E-state index in [-0.39, 0.29) is 26.4 Å². The summed E-state index contributed by atoms with van der Waals surface area (Å²) in [6.07, 6.45) is -11.0. The molecule has 4 rings (SSSR count). The third-order valence-electron chi connectivity index (χ3n) is 8.22. The highest BCUT2D eigenvalue weighted by Crippen LogP contribution is 2.42. The number of amides is 2. The number of aliphatic hydroxyl groups is 3. The fourth-order valence-corrected chi connectivity index (χ4v) is 7.14. The highest BCUT2D eigenvalue weighted by molar-refractivity contribution is 7.51. The lowest BCUT2D eigenvalue weighted by Crippen LogP contribution is -2.66. The van der Waals surface area contributed by atoms with E-state index in [9.17, 15) is 34.4 Å². The van der Waals surface area contributed by atoms with Crippen LogP contribution in [-0.2, 0) is 55.6 Å². The molecule has 0 bridgehead atoms. The summed E-state index contributed by atoms with van der Waals surface area (Å²) in [5.74, 6) is -1.00. The molecule has 7 N–H and O–H groups in total. The molecule has 2 heterocycles. The molecule has 5 unspecified atom stereocenters. The number of carbonyl (C=O) groups excluding carboxylic acids is 2. The molecule has 2 aromatic rings. The number of nitrogens with one attached hydrogen (secondary N) is 2. The Kier molecular flexibility index (Phi) is 15.3. The second-order valence-electron chi connectivity index (χ2n) is 12.1. The first-order valence-electron chi connectivity index (χ1n) is 16.3. The second-order valence-corrected chi connectivity index (χ2v) is 14.0. The Morgan fingerprint density at radius 3 is 1.92 bits per heavy atom. The van der Waals surface area contributed by atoms with E-state index in [1.54, 1.807) is 0 Å². The number of hydrogen-bond acceptors (Lipinski definition) is 14. The van der Waals surface area contributed by atoms with Crippen molar-refractivity contribution in [3.63, 3.8) is 0 Å². The molecule has 2 aliphatic heterocycles. The maximum atomic E-state index is 13.5. The molecule has 16 nitrogen and oxygen atoms in total. The van der Waals surface area contributed by atoms with Crippen LogP contribution in [0.4, 0.5) is 0 Å². The molecule has 278 valence electrons. The summed E-state index contributed by atoms with van der Waals surface area (Å²) in [6.45, 7) is 1.52. The van der Waals surface area contributed by atoms with Crippen molar-refractivity contribution in [2.45, 2.75) is 88.2 Å². The summed E-state index contributed by atoms with van der Waals surface area (Å²) in [7, 11) is -4.86. The monoisotopic (exact) mass is 724 g/mol. The molecule has 50 heavy (non-hydrogen) atoms. The average molecular weight is 725 g/mol. The molecular formula is C33H47N3O13P-. The zero-order valence-corrected chi connectivity index (χ0v) is 28.8. The Labute approximate surface area is 290 Å². The van der Waals surface area contributed by atoms with Crippen molar-refractivity contribution in [2.24, 2.45) is 5.73 Å². The van der Waals surface area contributed by atoms with Crippen molar-refractivity contribution in [2.75, 3.05) is 32.5 Å². The van der Waals surface area contributed by atoms with Gasteiger partial charge in [-0.05, 0) is 11.1 Å². The van der Waals surface area contributed by atoms with Crippen LogP contribution in [-0.4, -0.2) is 121 Å². The van der Waals surface area contributed by atoms with Gasteiger partial charge in [0.05, 0.1) is 45.2 Å². The fraction of sp³-hybridized carbons (Fsp3) is 0.576. The van der Waals surface area contributed by atoms with Crippen LogP contribution in [0, 0.1) is 0 Å². The molecule has 0 spiro atoms. The van der Waals surface area contributed by atoms with Gasteiger partial charge in [0, 0.05) is 26.6 Å². The normalized spacial score (nSPS) is 31.0. The Bertz CT molecular complexity index is 1390. The van der Waals surface area contributed by atoms with Crippen LogP contribution in [0.15, 0.2) is 60.7 Å². The van der Waals surface area contributed by atoms with E-state index in [0.717, 1.165) is 18.1 Å². The van der Waals surface area contributed by atoms with E-state index in [1.807, 2.05) is 60.7 Å². The predicted molar refractivity (Wildman–Crippen MR) is 175 cm³/mol. The van der Waals surface area contributed by atoms with Crippen LogP contribution in [0.5, 0.6) is 0 Å². The van der Waals surface area contributed by atoms with Gasteiger partial charge in [0.15, 0.2) is 6.29 Å². The third kappa shape index (κ3) is 11.3. The topological polar surface area (TPSA) is 240 Å². The van der Waals surface area contributed by atoms with Crippen LogP contribution in [0.3, 0.4) is 0 Å². The number of nitrogens with two attached hydrogens (primary N) is 1. The first-order chi connectivity index (χ1) is 23.9. The van der Waals surface area contributed by atoms with Crippen molar-refractivity contribution >= 4 is 19.4 Å². The van der Waals surface area contributed by atoms with Gasteiger partial charge in [-0.1, -0.05) is 60.7 Å². The number of hydrogen-bond donors (Lipinski definition) is 6. The molecule has 2 fully saturated rings. The van der Waals surface area contributed by atoms with Crippen LogP contribution >= 0.6 is 7.60 Å². The molecule has 2 aliphatic rings. The Balaban J connectivity index is 1.61. The minimum Gasteiger partial charge on any atom is -0.778 e. The lowest BCUT2D eigenvalue weighted by atomic mass is 9.93. The SMILES string of the molecule is CC(=O)NC1[C@H](CP(=O)([O-])OCC2O[C@@H](OCCN)C(NC(C)=O)[C@@H](OCc3ccccc3)[C@H]2OCc2ccccc2)OC(CO)[C@H](O)[C@@H]1O. The summed E-state index contributed by atoms with van der Waals surface area (Å²) in [5, 5.41) is 35.9. The van der Waals surface area contributed by atoms with Crippen molar-refractivity contribution in [1.29, 1.82) is 0 Å². The predicted octanol–water partition coefficient (Wildman–Crippen LogP) is -1.08. The van der Waals surface area contributed by atoms with Crippen molar-refractivity contribution in [1.82, 2.24) is 10.6 Å². The van der Waals surface area contributed by atoms with Crippen molar-refractivity contribution in [3.05, 3.63) is 71.8 Å². The van der Waals surface area contributed by atoms with Gasteiger partial charge in [-0.3, -0.25) is 9.59 Å². The minimum absolute atomic E-state index is 0.0408. The van der Waals surface area contributed by atoms with Crippen molar-refractivity contribution < 1.29 is 62.6 Å². The van der Waals surface area contributed by atoms with Gasteiger partial charge in [0.2, 0.25) is 11.8 Å². The van der Waals surface area contributed by atoms with E-state index < -0.39 is 99.9 Å². The van der Waals surface area contributed by atoms with E-state index in [1.165, 1.54) is 6.92 Å². The molecule has 2 saturated heterocycles. The smallest absolute Gasteiger partial charge is 0.217 e. The van der Waals surface area contributed by atoms with E-state index in [2.05, 4.69) is 10.6 Å². The van der Waals surface area contributed by atoms with Crippen LogP contribution in [0.1, 0.15) is 25.0 Å². The molecule has 17 heteroatoms. The van der Waals surface area contributed by atoms with Crippen LogP contribution in [0.2, 0.25) is 0 Å². The maximum absolute atomic E-state index is 13.5. The van der Waals surface area contributed by atoms with E-state index in [4.69, 9.17) is 33.9 Å². The highest BCUT2D eigenvalue weighted by atomic mass is 31.2. The third-order valence-corrected chi connectivity index (χ3v) is 9.57. The molecule has 0 aliphatic carbocycles. The molecule has 0 saturated carbocycles. The second kappa shape index (κ2) is 19.1. The van der Waals surface area contributed by atoms with Gasteiger partial charge >= 0.3 is 0 Å². The number of rotatable bonds is 17. The quantitative estimate of drug-likeness (QED) is 0.106. The van der Waals surface area contributed by atoms with Gasteiger partial charge < -0.3 is 69.4 Å². The molecule has 0 radical (unpaired) electrons. The lowest BCUT2D eigenvalue weighted by Gasteiger charge is -2.47. The van der Waals surface area contributed by atoms with Crippen LogP contribution < -0.4 is 21.3 Å². The maximum Gasteiger partial charge on any atom is 0.217 e. The largest absolute Gasteiger partial charge is 0.778 e. The summed E-state index contributed by atoms with van der Waals surface area (Å²) in [5.41, 5.74) is 7.34. The number of carbonyl (C=O) groups is 2. The summed E-state index contributed by atoms with van der Waals surface area (Å²) >= 11 is 0. The lowest BCUT2D eigenvalue weighted by molar-refractivity contribution is -0.289. The van der Waals surface area contributed by atoms with E-state index in [0.29, 0.717) is 0 Å². The molecule has 2 amide bonds. The summed E-state index contributed by atoms with van der Waals surface area (Å²) in [6, 6.07) is 16.3. The Hall–Kier alpha value is -2.83. The molecular weight excluding hydrogens is 677 g/mol. The molecule has 11 atom stereocenters. The van der Waals surface area contributed by atoms with Crippen LogP contribution in [0.25, 0.3) is 0 Å². The van der Waals surface area contributed by atoms with Gasteiger partial charge in [-0.25, -0.2) is 0 Å². The number of benzene rings is 2. The zero-order valence-electron chi connectivity index (χ0n) is 27.9. The average Bonchev–Trinajstić information content (AvgIpc) is 3.09. The molecule has 2 aromatic carbocycles. The number of aliphatic hydroxyl groups excluding tert-OH is 3. The summed E-state index contributed by atoms with van der Waals surface area (Å²) in [4.78, 5) is 37.7. The first kappa shape index (κ1) is 39.9. The van der Waals surface area contributed by atoms with Crippen molar-refractivity contribution in [3.8, 4) is 0 Å². The minimum atomic E-state index is -4.86. The van der Waals surface area contributed by atoms with Gasteiger partial charge in [0.1, 0.15) is 50.3 Å². The Morgan fingerprint density at radius 2 is 1.38 bits per heavy atom. The van der Waals surface area contributed by atoms with Gasteiger partial charge in [-0.2, -0.15) is 0 Å².